The van der Waals surface area contributed by atoms with Gasteiger partial charge in [-0.15, -0.1) is 0 Å². The highest BCUT2D eigenvalue weighted by Crippen LogP contribution is 2.36. The van der Waals surface area contributed by atoms with Gasteiger partial charge < -0.3 is 14.8 Å². The number of aliphatic hydroxyl groups is 1. The number of aromatic nitrogens is 4. The summed E-state index contributed by atoms with van der Waals surface area (Å²) in [5.74, 6) is -0.294. The monoisotopic (exact) mass is 694 g/mol. The van der Waals surface area contributed by atoms with Crippen molar-refractivity contribution in [3.8, 4) is 0 Å². The summed E-state index contributed by atoms with van der Waals surface area (Å²) < 4.78 is 6.94. The van der Waals surface area contributed by atoms with Crippen LogP contribution in [0.15, 0.2) is 41.9 Å². The van der Waals surface area contributed by atoms with Gasteiger partial charge in [-0.25, -0.2) is 29.5 Å². The first-order valence-corrected chi connectivity index (χ1v) is 18.1. The number of carbonyl (C=O) groups is 4. The second-order valence-electron chi connectivity index (χ2n) is 11.4. The molecule has 44 heavy (non-hydrogen) atoms. The third kappa shape index (κ3) is 11.6. The molecule has 2 aliphatic rings. The number of urea groups is 2. The average molecular weight is 696 g/mol. The Morgan fingerprint density at radius 3 is 2.00 bits per heavy atom. The van der Waals surface area contributed by atoms with E-state index in [0.717, 1.165) is 9.37 Å². The highest BCUT2D eigenvalue weighted by molar-refractivity contribution is 9.10. The molecule has 2 aliphatic heterocycles. The average Bonchev–Trinajstić information content (AvgIpc) is 2.97. The van der Waals surface area contributed by atoms with Gasteiger partial charge in [-0.2, -0.15) is 0 Å². The minimum Gasteiger partial charge on any atom is -0.417 e. The Bertz CT molecular complexity index is 1200. The van der Waals surface area contributed by atoms with Crippen molar-refractivity contribution in [2.75, 3.05) is 44.3 Å². The van der Waals surface area contributed by atoms with Crippen molar-refractivity contribution in [3.63, 3.8) is 0 Å². The number of imide groups is 2. The highest BCUT2D eigenvalue weighted by atomic mass is 79.9. The van der Waals surface area contributed by atoms with E-state index in [0.29, 0.717) is 51.2 Å². The zero-order valence-corrected chi connectivity index (χ0v) is 28.6. The van der Waals surface area contributed by atoms with Crippen LogP contribution in [0, 0.1) is 0 Å². The Balaban J connectivity index is 0.000000252. The fourth-order valence-corrected chi connectivity index (χ4v) is 5.03. The van der Waals surface area contributed by atoms with Gasteiger partial charge in [0.05, 0.1) is 22.6 Å². The van der Waals surface area contributed by atoms with E-state index in [9.17, 15) is 19.2 Å². The molecule has 2 aromatic heterocycles. The summed E-state index contributed by atoms with van der Waals surface area (Å²) in [6.07, 6.45) is 11.1. The maximum absolute atomic E-state index is 12.1. The topological polar surface area (TPSA) is 171 Å². The summed E-state index contributed by atoms with van der Waals surface area (Å²) in [7, 11) is -1.73. The molecule has 242 valence electrons. The van der Waals surface area contributed by atoms with Crippen LogP contribution in [0.1, 0.15) is 46.5 Å². The van der Waals surface area contributed by atoms with Crippen molar-refractivity contribution < 1.29 is 28.7 Å². The van der Waals surface area contributed by atoms with Crippen molar-refractivity contribution in [2.24, 2.45) is 0 Å². The van der Waals surface area contributed by atoms with Gasteiger partial charge in [0, 0.05) is 64.6 Å². The molecule has 2 N–H and O–H groups in total. The van der Waals surface area contributed by atoms with Crippen molar-refractivity contribution in [2.45, 2.75) is 64.6 Å². The van der Waals surface area contributed by atoms with Gasteiger partial charge in [0.25, 0.3) is 0 Å². The van der Waals surface area contributed by atoms with E-state index in [1.807, 2.05) is 0 Å². The normalized spacial score (nSPS) is 15.7. The smallest absolute Gasteiger partial charge is 0.331 e. The summed E-state index contributed by atoms with van der Waals surface area (Å²) in [4.78, 5) is 66.0. The molecular weight excluding hydrogens is 652 g/mol. The molecule has 16 heteroatoms. The van der Waals surface area contributed by atoms with Gasteiger partial charge in [0.2, 0.25) is 11.8 Å². The van der Waals surface area contributed by atoms with Crippen LogP contribution in [0.5, 0.6) is 0 Å². The molecule has 0 unspecified atom stereocenters. The third-order valence-corrected chi connectivity index (χ3v) is 12.1. The molecule has 4 heterocycles. The molecule has 0 aromatic carbocycles. The van der Waals surface area contributed by atoms with E-state index in [-0.39, 0.29) is 48.5 Å². The molecule has 2 saturated heterocycles. The summed E-state index contributed by atoms with van der Waals surface area (Å²) >= 11 is 3.19. The molecule has 0 bridgehead atoms. The highest BCUT2D eigenvalue weighted by Gasteiger charge is 2.37. The zero-order valence-electron chi connectivity index (χ0n) is 26.0. The maximum atomic E-state index is 12.1. The second kappa shape index (κ2) is 17.8. The molecule has 2 aromatic rings. The molecular formula is C28H43BrN8O6Si. The van der Waals surface area contributed by atoms with E-state index in [1.54, 1.807) is 12.4 Å². The van der Waals surface area contributed by atoms with Crippen LogP contribution in [-0.4, -0.2) is 106 Å². The van der Waals surface area contributed by atoms with E-state index >= 15 is 0 Å². The Labute approximate surface area is 267 Å². The zero-order chi connectivity index (χ0) is 32.8. The Kier molecular flexibility index (Phi) is 14.9. The Morgan fingerprint density at radius 2 is 1.48 bits per heavy atom. The lowest BCUT2D eigenvalue weighted by Crippen LogP contribution is -2.52. The van der Waals surface area contributed by atoms with Crippen LogP contribution in [0.3, 0.4) is 0 Å². The van der Waals surface area contributed by atoms with Crippen LogP contribution < -0.4 is 10.2 Å². The standard InChI is InChI=1S/C13H26N2O3Si.C11H14N4O3.C4H3BrN2/c1-13(2,3)19(4,5)18-10-6-9-15-11(16)7-8-14-12(15)17;16-5-1-3-15-10(17)2-4-14(11(15)18)9-6-12-8-13-7-9;5-4-1-6-3-7-2-4/h6-10H2,1-5H3,(H,14,17);6-8,16H,1-5H2;1-3H. The van der Waals surface area contributed by atoms with Gasteiger partial charge in [-0.3, -0.25) is 24.3 Å². The molecule has 4 rings (SSSR count). The van der Waals surface area contributed by atoms with Crippen LogP contribution >= 0.6 is 15.9 Å². The lowest BCUT2D eigenvalue weighted by Gasteiger charge is -2.36. The van der Waals surface area contributed by atoms with Crippen molar-refractivity contribution in [1.29, 1.82) is 0 Å². The molecule has 2 fully saturated rings. The largest absolute Gasteiger partial charge is 0.417 e. The van der Waals surface area contributed by atoms with E-state index in [1.165, 1.54) is 34.8 Å². The molecule has 0 atom stereocenters. The molecule has 14 nitrogen and oxygen atoms in total. The second-order valence-corrected chi connectivity index (χ2v) is 17.2. The van der Waals surface area contributed by atoms with E-state index in [2.05, 4.69) is 75.0 Å². The lowest BCUT2D eigenvalue weighted by atomic mass is 10.2. The minimum absolute atomic E-state index is 0.0501. The summed E-state index contributed by atoms with van der Waals surface area (Å²) in [5.41, 5.74) is 0.573. The number of carbonyl (C=O) groups excluding carboxylic acids is 4. The number of amides is 6. The molecule has 6 amide bonds. The summed E-state index contributed by atoms with van der Waals surface area (Å²) in [6.45, 7) is 13.0. The number of hydrogen-bond donors (Lipinski definition) is 2. The number of nitrogens with zero attached hydrogens (tertiary/aromatic N) is 7. The van der Waals surface area contributed by atoms with Gasteiger partial charge in [0.15, 0.2) is 8.32 Å². The van der Waals surface area contributed by atoms with Gasteiger partial charge in [0.1, 0.15) is 12.7 Å². The number of anilines is 1. The Morgan fingerprint density at radius 1 is 0.909 bits per heavy atom. The van der Waals surface area contributed by atoms with Crippen LogP contribution in [0.25, 0.3) is 0 Å². The molecule has 0 radical (unpaired) electrons. The van der Waals surface area contributed by atoms with Crippen LogP contribution in [0.4, 0.5) is 15.3 Å². The van der Waals surface area contributed by atoms with E-state index in [4.69, 9.17) is 9.53 Å². The van der Waals surface area contributed by atoms with Crippen LogP contribution in [-0.2, 0) is 14.0 Å². The molecule has 0 saturated carbocycles. The number of aliphatic hydroxyl groups excluding tert-OH is 1. The van der Waals surface area contributed by atoms with Gasteiger partial charge >= 0.3 is 12.1 Å². The maximum Gasteiger partial charge on any atom is 0.331 e. The predicted octanol–water partition coefficient (Wildman–Crippen LogP) is 3.60. The molecule has 0 spiro atoms. The van der Waals surface area contributed by atoms with Crippen molar-refractivity contribution in [1.82, 2.24) is 35.1 Å². The van der Waals surface area contributed by atoms with Gasteiger partial charge in [-0.05, 0) is 46.9 Å². The Hall–Kier alpha value is -3.34. The number of halogens is 1. The lowest BCUT2D eigenvalue weighted by molar-refractivity contribution is -0.130. The minimum atomic E-state index is -1.73. The quantitative estimate of drug-likeness (QED) is 0.292. The number of hydrogen-bond acceptors (Lipinski definition) is 10. The van der Waals surface area contributed by atoms with E-state index < -0.39 is 8.32 Å². The van der Waals surface area contributed by atoms with Crippen molar-refractivity contribution in [3.05, 3.63) is 41.9 Å². The number of nitrogens with one attached hydrogen (secondary N) is 1. The molecule has 0 aliphatic carbocycles. The fraction of sp³-hybridized carbons (Fsp3) is 0.571. The third-order valence-electron chi connectivity index (χ3n) is 7.20. The first-order chi connectivity index (χ1) is 20.8. The summed E-state index contributed by atoms with van der Waals surface area (Å²) in [5, 5.41) is 11.6. The van der Waals surface area contributed by atoms with Gasteiger partial charge in [-0.1, -0.05) is 20.8 Å². The van der Waals surface area contributed by atoms with Crippen LogP contribution in [0.2, 0.25) is 18.1 Å². The first kappa shape index (κ1) is 36.8. The SMILES string of the molecule is Brc1cncnc1.CC(C)(C)[Si](C)(C)OCCCN1C(=O)CCNC1=O.O=C1CCN(c2cncnc2)C(=O)N1CCCO. The first-order valence-electron chi connectivity index (χ1n) is 14.4. The predicted molar refractivity (Wildman–Crippen MR) is 170 cm³/mol. The number of rotatable bonds is 9. The fourth-order valence-electron chi connectivity index (χ4n) is 3.70. The summed E-state index contributed by atoms with van der Waals surface area (Å²) in [6, 6.07) is -0.655. The van der Waals surface area contributed by atoms with Crippen molar-refractivity contribution >= 4 is 53.8 Å².